The van der Waals surface area contributed by atoms with Gasteiger partial charge in [0.15, 0.2) is 5.75 Å². The van der Waals surface area contributed by atoms with E-state index in [-0.39, 0.29) is 15.8 Å². The van der Waals surface area contributed by atoms with E-state index in [1.54, 1.807) is 0 Å². The molecule has 0 atom stereocenters. The van der Waals surface area contributed by atoms with Crippen LogP contribution in [-0.2, 0) is 6.61 Å². The Hall–Kier alpha value is -1.56. The molecule has 134 valence electrons. The van der Waals surface area contributed by atoms with Gasteiger partial charge in [0.05, 0.1) is 10.0 Å². The second-order valence-corrected chi connectivity index (χ2v) is 6.07. The van der Waals surface area contributed by atoms with Crippen LogP contribution in [-0.4, -0.2) is 12.8 Å². The highest BCUT2D eigenvalue weighted by molar-refractivity contribution is 6.37. The lowest BCUT2D eigenvalue weighted by Gasteiger charge is -2.12. The zero-order chi connectivity index (χ0) is 18.4. The van der Waals surface area contributed by atoms with Crippen LogP contribution in [0.3, 0.4) is 0 Å². The summed E-state index contributed by atoms with van der Waals surface area (Å²) >= 11 is 17.2. The van der Waals surface area contributed by atoms with Gasteiger partial charge in [-0.3, -0.25) is 0 Å². The van der Waals surface area contributed by atoms with E-state index in [9.17, 15) is 13.2 Å². The van der Waals surface area contributed by atoms with E-state index in [4.69, 9.17) is 44.3 Å². The standard InChI is InChI=1S/C17H12Cl3F3O2/c18-13-8-12(25-10-11-4-2-1-3-5-11)9-14(19)16(13)24-7-6-15(20)17(21,22)23/h1-6,8-9H,7,10H2. The first-order chi connectivity index (χ1) is 11.8. The topological polar surface area (TPSA) is 18.5 Å². The van der Waals surface area contributed by atoms with Gasteiger partial charge in [-0.1, -0.05) is 65.1 Å². The number of allylic oxidation sites excluding steroid dienone is 1. The number of hydrogen-bond acceptors (Lipinski definition) is 2. The van der Waals surface area contributed by atoms with Crippen LogP contribution >= 0.6 is 34.8 Å². The van der Waals surface area contributed by atoms with Gasteiger partial charge in [0.2, 0.25) is 0 Å². The van der Waals surface area contributed by atoms with Gasteiger partial charge in [-0.15, -0.1) is 0 Å². The molecule has 0 unspecified atom stereocenters. The molecule has 0 saturated carbocycles. The lowest BCUT2D eigenvalue weighted by Crippen LogP contribution is -2.08. The third-order valence-electron chi connectivity index (χ3n) is 2.98. The van der Waals surface area contributed by atoms with Crippen molar-refractivity contribution in [1.82, 2.24) is 0 Å². The smallest absolute Gasteiger partial charge is 0.426 e. The number of halogens is 6. The normalized spacial score (nSPS) is 12.2. The first-order valence-electron chi connectivity index (χ1n) is 6.99. The van der Waals surface area contributed by atoms with Crippen LogP contribution in [0.25, 0.3) is 0 Å². The molecule has 2 nitrogen and oxygen atoms in total. The minimum Gasteiger partial charge on any atom is -0.489 e. The van der Waals surface area contributed by atoms with Crippen molar-refractivity contribution in [3.63, 3.8) is 0 Å². The molecular formula is C17H12Cl3F3O2. The zero-order valence-corrected chi connectivity index (χ0v) is 14.9. The first kappa shape index (κ1) is 19.8. The third kappa shape index (κ3) is 6.03. The summed E-state index contributed by atoms with van der Waals surface area (Å²) in [6.45, 7) is -0.111. The Morgan fingerprint density at radius 3 is 2.16 bits per heavy atom. The van der Waals surface area contributed by atoms with E-state index in [2.05, 4.69) is 0 Å². The molecule has 0 aliphatic carbocycles. The average Bonchev–Trinajstić information content (AvgIpc) is 2.55. The van der Waals surface area contributed by atoms with Gasteiger partial charge >= 0.3 is 6.18 Å². The number of hydrogen-bond donors (Lipinski definition) is 0. The van der Waals surface area contributed by atoms with Gasteiger partial charge in [0.1, 0.15) is 24.0 Å². The van der Waals surface area contributed by atoms with E-state index >= 15 is 0 Å². The average molecular weight is 412 g/mol. The Balaban J connectivity index is 2.02. The molecule has 2 aromatic carbocycles. The number of benzene rings is 2. The molecular weight excluding hydrogens is 400 g/mol. The molecule has 0 heterocycles. The molecule has 8 heteroatoms. The maximum atomic E-state index is 12.3. The number of alkyl halides is 3. The summed E-state index contributed by atoms with van der Waals surface area (Å²) in [5, 5.41) is -1.04. The van der Waals surface area contributed by atoms with E-state index in [0.717, 1.165) is 5.56 Å². The van der Waals surface area contributed by atoms with Crippen LogP contribution in [0.1, 0.15) is 5.56 Å². The predicted molar refractivity (Wildman–Crippen MR) is 92.7 cm³/mol. The van der Waals surface area contributed by atoms with E-state index in [0.29, 0.717) is 18.4 Å². The summed E-state index contributed by atoms with van der Waals surface area (Å²) in [7, 11) is 0. The van der Waals surface area contributed by atoms with Crippen molar-refractivity contribution in [3.05, 3.63) is 69.2 Å². The lowest BCUT2D eigenvalue weighted by atomic mass is 10.2. The first-order valence-corrected chi connectivity index (χ1v) is 8.12. The molecule has 0 aromatic heterocycles. The van der Waals surface area contributed by atoms with Crippen LogP contribution in [0, 0.1) is 0 Å². The SMILES string of the molecule is FC(F)(F)C(Cl)=CCOc1c(Cl)cc(OCc2ccccc2)cc1Cl. The number of rotatable bonds is 6. The Kier molecular flexibility index (Phi) is 6.87. The molecule has 0 bridgehead atoms. The zero-order valence-electron chi connectivity index (χ0n) is 12.6. The molecule has 25 heavy (non-hydrogen) atoms. The Morgan fingerprint density at radius 2 is 1.60 bits per heavy atom. The van der Waals surface area contributed by atoms with Gasteiger partial charge < -0.3 is 9.47 Å². The van der Waals surface area contributed by atoms with Crippen molar-refractivity contribution in [2.24, 2.45) is 0 Å². The minimum absolute atomic E-state index is 0.0540. The summed E-state index contributed by atoms with van der Waals surface area (Å²) in [6.07, 6.45) is -3.93. The predicted octanol–water partition coefficient (Wildman–Crippen LogP) is 6.64. The molecule has 2 rings (SSSR count). The maximum absolute atomic E-state index is 12.3. The fourth-order valence-electron chi connectivity index (χ4n) is 1.81. The summed E-state index contributed by atoms with van der Waals surface area (Å²) in [4.78, 5) is 0. The molecule has 0 spiro atoms. The second-order valence-electron chi connectivity index (χ2n) is 4.85. The summed E-state index contributed by atoms with van der Waals surface area (Å²) < 4.78 is 47.6. The van der Waals surface area contributed by atoms with Crippen molar-refractivity contribution in [2.75, 3.05) is 6.61 Å². The van der Waals surface area contributed by atoms with Crippen molar-refractivity contribution < 1.29 is 22.6 Å². The fourth-order valence-corrected chi connectivity index (χ4v) is 2.45. The van der Waals surface area contributed by atoms with Crippen molar-refractivity contribution in [2.45, 2.75) is 12.8 Å². The molecule has 2 aromatic rings. The Bertz CT molecular complexity index is 724. The largest absolute Gasteiger partial charge is 0.489 e. The van der Waals surface area contributed by atoms with Gasteiger partial charge in [0, 0.05) is 12.1 Å². The monoisotopic (exact) mass is 410 g/mol. The van der Waals surface area contributed by atoms with E-state index < -0.39 is 17.8 Å². The number of ether oxygens (including phenoxy) is 2. The van der Waals surface area contributed by atoms with Crippen LogP contribution in [0.4, 0.5) is 13.2 Å². The quantitative estimate of drug-likeness (QED) is 0.531. The molecule has 0 radical (unpaired) electrons. The lowest BCUT2D eigenvalue weighted by molar-refractivity contribution is -0.0848. The van der Waals surface area contributed by atoms with Crippen LogP contribution < -0.4 is 9.47 Å². The van der Waals surface area contributed by atoms with Crippen LogP contribution in [0.2, 0.25) is 10.0 Å². The molecule has 0 N–H and O–H groups in total. The molecule has 0 aliphatic heterocycles. The van der Waals surface area contributed by atoms with Gasteiger partial charge in [-0.25, -0.2) is 0 Å². The third-order valence-corrected chi connectivity index (χ3v) is 3.91. The highest BCUT2D eigenvalue weighted by Gasteiger charge is 2.32. The van der Waals surface area contributed by atoms with Crippen molar-refractivity contribution in [3.8, 4) is 11.5 Å². The highest BCUT2D eigenvalue weighted by atomic mass is 35.5. The fraction of sp³-hybridized carbons (Fsp3) is 0.176. The molecule has 0 saturated heterocycles. The molecule has 0 amide bonds. The highest BCUT2D eigenvalue weighted by Crippen LogP contribution is 2.37. The molecule has 0 fully saturated rings. The van der Waals surface area contributed by atoms with Crippen molar-refractivity contribution in [1.29, 1.82) is 0 Å². The van der Waals surface area contributed by atoms with Gasteiger partial charge in [-0.05, 0) is 11.6 Å². The summed E-state index contributed by atoms with van der Waals surface area (Å²) in [5.74, 6) is 0.466. The summed E-state index contributed by atoms with van der Waals surface area (Å²) in [6, 6.07) is 12.4. The maximum Gasteiger partial charge on any atom is 0.426 e. The molecule has 0 aliphatic rings. The minimum atomic E-state index is -4.62. The van der Waals surface area contributed by atoms with Gasteiger partial charge in [0.25, 0.3) is 0 Å². The van der Waals surface area contributed by atoms with E-state index in [1.807, 2.05) is 30.3 Å². The van der Waals surface area contributed by atoms with Crippen molar-refractivity contribution >= 4 is 34.8 Å². The Labute approximate surface area is 157 Å². The van der Waals surface area contributed by atoms with Crippen LogP contribution in [0.5, 0.6) is 11.5 Å². The van der Waals surface area contributed by atoms with Gasteiger partial charge in [-0.2, -0.15) is 13.2 Å². The van der Waals surface area contributed by atoms with Crippen LogP contribution in [0.15, 0.2) is 53.6 Å². The second kappa shape index (κ2) is 8.70. The van der Waals surface area contributed by atoms with E-state index in [1.165, 1.54) is 12.1 Å². The Morgan fingerprint density at radius 1 is 1.00 bits per heavy atom. The summed E-state index contributed by atoms with van der Waals surface area (Å²) in [5.41, 5.74) is 0.960.